The zero-order valence-electron chi connectivity index (χ0n) is 13.0. The minimum absolute atomic E-state index is 0.250. The van der Waals surface area contributed by atoms with Crippen LogP contribution >= 0.6 is 0 Å². The van der Waals surface area contributed by atoms with E-state index in [2.05, 4.69) is 29.5 Å². The van der Waals surface area contributed by atoms with Crippen LogP contribution in [0.2, 0.25) is 0 Å². The van der Waals surface area contributed by atoms with Crippen LogP contribution in [0.15, 0.2) is 27.6 Å². The Bertz CT molecular complexity index is 648. The van der Waals surface area contributed by atoms with Crippen molar-refractivity contribution >= 4 is 16.9 Å². The van der Waals surface area contributed by atoms with Crippen LogP contribution < -0.4 is 10.6 Å². The van der Waals surface area contributed by atoms with Gasteiger partial charge in [0.05, 0.1) is 6.54 Å². The van der Waals surface area contributed by atoms with Crippen molar-refractivity contribution in [1.29, 1.82) is 0 Å². The highest BCUT2D eigenvalue weighted by atomic mass is 19.1. The van der Waals surface area contributed by atoms with Crippen molar-refractivity contribution in [2.24, 2.45) is 4.99 Å². The third-order valence-electron chi connectivity index (χ3n) is 3.63. The molecule has 1 heterocycles. The molecule has 5 heteroatoms. The van der Waals surface area contributed by atoms with Crippen molar-refractivity contribution in [1.82, 2.24) is 10.6 Å². The van der Waals surface area contributed by atoms with Gasteiger partial charge < -0.3 is 15.1 Å². The van der Waals surface area contributed by atoms with E-state index in [1.807, 2.05) is 6.92 Å². The van der Waals surface area contributed by atoms with Gasteiger partial charge in [0.1, 0.15) is 17.2 Å². The second kappa shape index (κ2) is 6.61. The molecule has 0 aliphatic rings. The number of nitrogens with zero attached hydrogens (tertiary/aromatic N) is 1. The molecule has 0 bridgehead atoms. The van der Waals surface area contributed by atoms with E-state index >= 15 is 0 Å². The van der Waals surface area contributed by atoms with Gasteiger partial charge in [-0.2, -0.15) is 0 Å². The number of guanidine groups is 1. The van der Waals surface area contributed by atoms with E-state index in [0.717, 1.165) is 29.1 Å². The third kappa shape index (κ3) is 3.54. The molecule has 1 atom stereocenters. The molecule has 0 amide bonds. The standard InChI is InChI=1S/C16H22FN3O/c1-5-10(2)20-16(18-4)19-9-15-11(3)13-8-12(17)6-7-14(13)21-15/h6-8,10H,5,9H2,1-4H3,(H2,18,19,20). The Kier molecular flexibility index (Phi) is 4.83. The van der Waals surface area contributed by atoms with Crippen LogP contribution in [0.25, 0.3) is 11.0 Å². The first-order valence-electron chi connectivity index (χ1n) is 7.19. The van der Waals surface area contributed by atoms with Crippen LogP contribution in [0.1, 0.15) is 31.6 Å². The largest absolute Gasteiger partial charge is 0.459 e. The van der Waals surface area contributed by atoms with Crippen LogP contribution in [0, 0.1) is 12.7 Å². The number of aryl methyl sites for hydroxylation is 1. The van der Waals surface area contributed by atoms with Gasteiger partial charge in [-0.25, -0.2) is 4.39 Å². The number of benzene rings is 1. The molecule has 0 aliphatic carbocycles. The second-order valence-electron chi connectivity index (χ2n) is 5.17. The molecule has 2 N–H and O–H groups in total. The Morgan fingerprint density at radius 2 is 2.19 bits per heavy atom. The van der Waals surface area contributed by atoms with E-state index in [9.17, 15) is 4.39 Å². The first-order valence-corrected chi connectivity index (χ1v) is 7.19. The topological polar surface area (TPSA) is 49.6 Å². The monoisotopic (exact) mass is 291 g/mol. The number of rotatable bonds is 4. The lowest BCUT2D eigenvalue weighted by atomic mass is 10.1. The highest BCUT2D eigenvalue weighted by Crippen LogP contribution is 2.25. The maximum atomic E-state index is 13.3. The van der Waals surface area contributed by atoms with Crippen LogP contribution in [0.3, 0.4) is 0 Å². The third-order valence-corrected chi connectivity index (χ3v) is 3.63. The van der Waals surface area contributed by atoms with Crippen molar-refractivity contribution in [2.75, 3.05) is 7.05 Å². The second-order valence-corrected chi connectivity index (χ2v) is 5.17. The molecule has 21 heavy (non-hydrogen) atoms. The number of furan rings is 1. The minimum Gasteiger partial charge on any atom is -0.459 e. The fraction of sp³-hybridized carbons (Fsp3) is 0.438. The summed E-state index contributed by atoms with van der Waals surface area (Å²) in [5, 5.41) is 7.32. The maximum Gasteiger partial charge on any atom is 0.191 e. The number of hydrogen-bond donors (Lipinski definition) is 2. The van der Waals surface area contributed by atoms with Crippen molar-refractivity contribution in [3.05, 3.63) is 35.3 Å². The van der Waals surface area contributed by atoms with Gasteiger partial charge in [0.15, 0.2) is 5.96 Å². The van der Waals surface area contributed by atoms with Crippen molar-refractivity contribution in [2.45, 2.75) is 39.8 Å². The molecule has 2 rings (SSSR count). The summed E-state index contributed by atoms with van der Waals surface area (Å²) in [4.78, 5) is 4.18. The fourth-order valence-corrected chi connectivity index (χ4v) is 2.11. The average Bonchev–Trinajstić information content (AvgIpc) is 2.79. The number of fused-ring (bicyclic) bond motifs is 1. The van der Waals surface area contributed by atoms with E-state index in [0.29, 0.717) is 18.2 Å². The molecule has 0 fully saturated rings. The van der Waals surface area contributed by atoms with Crippen LogP contribution in [-0.4, -0.2) is 19.0 Å². The quantitative estimate of drug-likeness (QED) is 0.671. The molecule has 0 spiro atoms. The predicted octanol–water partition coefficient (Wildman–Crippen LogP) is 3.34. The molecule has 0 aliphatic heterocycles. The summed E-state index contributed by atoms with van der Waals surface area (Å²) in [5.74, 6) is 1.28. The lowest BCUT2D eigenvalue weighted by Crippen LogP contribution is -2.41. The molecule has 1 unspecified atom stereocenters. The van der Waals surface area contributed by atoms with Crippen LogP contribution in [-0.2, 0) is 6.54 Å². The summed E-state index contributed by atoms with van der Waals surface area (Å²) in [6.45, 7) is 6.66. The molecule has 0 saturated carbocycles. The van der Waals surface area contributed by atoms with Gasteiger partial charge in [0.25, 0.3) is 0 Å². The van der Waals surface area contributed by atoms with Gasteiger partial charge in [0, 0.05) is 24.0 Å². The van der Waals surface area contributed by atoms with Gasteiger partial charge in [-0.05, 0) is 38.5 Å². The number of hydrogen-bond acceptors (Lipinski definition) is 2. The Labute approximate surface area is 124 Å². The Balaban J connectivity index is 2.11. The highest BCUT2D eigenvalue weighted by molar-refractivity contribution is 5.83. The molecule has 1 aromatic carbocycles. The summed E-state index contributed by atoms with van der Waals surface area (Å²) in [6.07, 6.45) is 1.02. The molecule has 1 aromatic heterocycles. The summed E-state index contributed by atoms with van der Waals surface area (Å²) in [7, 11) is 1.73. The Morgan fingerprint density at radius 3 is 2.86 bits per heavy atom. The van der Waals surface area contributed by atoms with Gasteiger partial charge >= 0.3 is 0 Å². The van der Waals surface area contributed by atoms with E-state index < -0.39 is 0 Å². The van der Waals surface area contributed by atoms with E-state index in [4.69, 9.17) is 4.42 Å². The number of halogens is 1. The fourth-order valence-electron chi connectivity index (χ4n) is 2.11. The molecule has 0 saturated heterocycles. The Hall–Kier alpha value is -2.04. The first-order chi connectivity index (χ1) is 10.0. The molecule has 0 radical (unpaired) electrons. The summed E-state index contributed by atoms with van der Waals surface area (Å²) >= 11 is 0. The highest BCUT2D eigenvalue weighted by Gasteiger charge is 2.12. The lowest BCUT2D eigenvalue weighted by Gasteiger charge is -2.15. The van der Waals surface area contributed by atoms with E-state index in [-0.39, 0.29) is 5.82 Å². The summed E-state index contributed by atoms with van der Waals surface area (Å²) in [5.41, 5.74) is 1.66. The van der Waals surface area contributed by atoms with Gasteiger partial charge in [-0.3, -0.25) is 4.99 Å². The van der Waals surface area contributed by atoms with E-state index in [1.165, 1.54) is 12.1 Å². The van der Waals surface area contributed by atoms with E-state index in [1.54, 1.807) is 13.1 Å². The van der Waals surface area contributed by atoms with Gasteiger partial charge in [0.2, 0.25) is 0 Å². The van der Waals surface area contributed by atoms with Crippen molar-refractivity contribution in [3.8, 4) is 0 Å². The molecule has 4 nitrogen and oxygen atoms in total. The molecular formula is C16H22FN3O. The zero-order valence-corrected chi connectivity index (χ0v) is 13.0. The number of nitrogens with one attached hydrogen (secondary N) is 2. The molecule has 114 valence electrons. The minimum atomic E-state index is -0.250. The first kappa shape index (κ1) is 15.4. The summed E-state index contributed by atoms with van der Waals surface area (Å²) in [6, 6.07) is 4.92. The van der Waals surface area contributed by atoms with Gasteiger partial charge in [-0.1, -0.05) is 6.92 Å². The molecule has 2 aromatic rings. The van der Waals surface area contributed by atoms with Crippen LogP contribution in [0.5, 0.6) is 0 Å². The Morgan fingerprint density at radius 1 is 1.43 bits per heavy atom. The summed E-state index contributed by atoms with van der Waals surface area (Å²) < 4.78 is 19.1. The average molecular weight is 291 g/mol. The van der Waals surface area contributed by atoms with Crippen molar-refractivity contribution in [3.63, 3.8) is 0 Å². The lowest BCUT2D eigenvalue weighted by molar-refractivity contribution is 0.530. The van der Waals surface area contributed by atoms with Gasteiger partial charge in [-0.15, -0.1) is 0 Å². The smallest absolute Gasteiger partial charge is 0.191 e. The molecular weight excluding hydrogens is 269 g/mol. The number of aliphatic imine (C=N–C) groups is 1. The zero-order chi connectivity index (χ0) is 15.4. The predicted molar refractivity (Wildman–Crippen MR) is 84.0 cm³/mol. The van der Waals surface area contributed by atoms with Crippen molar-refractivity contribution < 1.29 is 8.81 Å². The maximum absolute atomic E-state index is 13.3. The van der Waals surface area contributed by atoms with Crippen LogP contribution in [0.4, 0.5) is 4.39 Å². The normalized spacial score (nSPS) is 13.5. The SMILES string of the molecule is CCC(C)NC(=NC)NCc1oc2ccc(F)cc2c1C.